The number of esters is 1. The lowest BCUT2D eigenvalue weighted by atomic mass is 9.83. The molecule has 1 radical (unpaired) electrons. The molecule has 0 heterocycles. The summed E-state index contributed by atoms with van der Waals surface area (Å²) in [6.07, 6.45) is 0. The van der Waals surface area contributed by atoms with E-state index in [4.69, 9.17) is 4.74 Å². The highest BCUT2D eigenvalue weighted by molar-refractivity contribution is 5.93. The molecular weight excluding hydrogens is 338 g/mol. The van der Waals surface area contributed by atoms with E-state index in [1.54, 1.807) is 37.1 Å². The van der Waals surface area contributed by atoms with Gasteiger partial charge in [0, 0.05) is 0 Å². The standard InChI is InChI=1S/C23H16NO3/c1-2-27-23(26)18-10-5-9-17(13-18)22(19(14-24)15-25)21-12-6-8-16-7-3-4-11-20(16)21/h3-13H,2H2,1H3. The molecule has 0 N–H and O–H groups in total. The Balaban J connectivity index is 2.22. The Bertz CT molecular complexity index is 1080. The number of hydrogen-bond acceptors (Lipinski definition) is 4. The molecule has 4 nitrogen and oxygen atoms in total. The Hall–Kier alpha value is -3.67. The Morgan fingerprint density at radius 2 is 1.70 bits per heavy atom. The number of fused-ring (bicyclic) bond motifs is 1. The molecule has 3 aromatic rings. The number of nitrogens with zero attached hydrogens (tertiary/aromatic N) is 1. The molecular formula is C23H16NO3. The van der Waals surface area contributed by atoms with Crippen LogP contribution in [0.25, 0.3) is 10.8 Å². The largest absolute Gasteiger partial charge is 0.462 e. The first-order valence-corrected chi connectivity index (χ1v) is 8.47. The number of benzene rings is 3. The molecule has 131 valence electrons. The van der Waals surface area contributed by atoms with E-state index in [9.17, 15) is 14.9 Å². The number of nitriles is 1. The van der Waals surface area contributed by atoms with Crippen molar-refractivity contribution in [3.63, 3.8) is 0 Å². The minimum Gasteiger partial charge on any atom is -0.462 e. The normalized spacial score (nSPS) is 10.3. The summed E-state index contributed by atoms with van der Waals surface area (Å²) < 4.78 is 5.05. The topological polar surface area (TPSA) is 67.2 Å². The van der Waals surface area contributed by atoms with Crippen molar-refractivity contribution >= 4 is 22.7 Å². The van der Waals surface area contributed by atoms with Gasteiger partial charge in [-0.25, -0.2) is 9.59 Å². The van der Waals surface area contributed by atoms with Gasteiger partial charge in [0.2, 0.25) is 0 Å². The Labute approximate surface area is 157 Å². The number of rotatable bonds is 5. The van der Waals surface area contributed by atoms with Crippen LogP contribution >= 0.6 is 0 Å². The van der Waals surface area contributed by atoms with Crippen molar-refractivity contribution in [1.82, 2.24) is 0 Å². The third-order valence-corrected chi connectivity index (χ3v) is 4.19. The molecule has 0 aliphatic heterocycles. The van der Waals surface area contributed by atoms with E-state index in [0.717, 1.165) is 16.3 Å². The summed E-state index contributed by atoms with van der Waals surface area (Å²) in [4.78, 5) is 23.6. The first-order valence-electron chi connectivity index (χ1n) is 8.47. The van der Waals surface area contributed by atoms with Gasteiger partial charge in [0.15, 0.2) is 0 Å². The Morgan fingerprint density at radius 3 is 2.44 bits per heavy atom. The lowest BCUT2D eigenvalue weighted by Crippen LogP contribution is -2.09. The van der Waals surface area contributed by atoms with Crippen LogP contribution in [0.1, 0.15) is 28.4 Å². The number of carbonyl (C=O) groups is 1. The van der Waals surface area contributed by atoms with E-state index < -0.39 is 5.97 Å². The molecule has 0 aromatic heterocycles. The summed E-state index contributed by atoms with van der Waals surface area (Å²) in [5, 5.41) is 11.4. The minimum absolute atomic E-state index is 0.118. The first kappa shape index (κ1) is 18.1. The van der Waals surface area contributed by atoms with Gasteiger partial charge in [0.1, 0.15) is 17.6 Å². The zero-order valence-corrected chi connectivity index (χ0v) is 14.7. The molecule has 27 heavy (non-hydrogen) atoms. The minimum atomic E-state index is -0.454. The van der Waals surface area contributed by atoms with Crippen molar-refractivity contribution in [1.29, 1.82) is 5.26 Å². The highest BCUT2D eigenvalue weighted by Crippen LogP contribution is 2.34. The summed E-state index contributed by atoms with van der Waals surface area (Å²) in [5.74, 6) is 1.73. The van der Waals surface area contributed by atoms with Crippen LogP contribution < -0.4 is 0 Å². The molecule has 0 atom stereocenters. The van der Waals surface area contributed by atoms with E-state index >= 15 is 0 Å². The van der Waals surface area contributed by atoms with Gasteiger partial charge in [0.05, 0.1) is 18.1 Å². The third-order valence-electron chi connectivity index (χ3n) is 4.19. The maximum atomic E-state index is 12.1. The zero-order valence-electron chi connectivity index (χ0n) is 14.7. The van der Waals surface area contributed by atoms with Gasteiger partial charge in [0.25, 0.3) is 0 Å². The fourth-order valence-electron chi connectivity index (χ4n) is 3.02. The second-order valence-corrected chi connectivity index (χ2v) is 5.79. The maximum absolute atomic E-state index is 12.1. The van der Waals surface area contributed by atoms with Crippen molar-refractivity contribution in [2.45, 2.75) is 6.92 Å². The molecule has 0 aliphatic carbocycles. The van der Waals surface area contributed by atoms with Crippen LogP contribution in [0.3, 0.4) is 0 Å². The van der Waals surface area contributed by atoms with Gasteiger partial charge in [-0.2, -0.15) is 5.26 Å². The predicted octanol–water partition coefficient (Wildman–Crippen LogP) is 4.27. The molecule has 0 aliphatic rings. The van der Waals surface area contributed by atoms with Crippen LogP contribution in [-0.2, 0) is 9.53 Å². The van der Waals surface area contributed by atoms with E-state index in [1.165, 1.54) is 0 Å². The fourth-order valence-corrected chi connectivity index (χ4v) is 3.02. The summed E-state index contributed by atoms with van der Waals surface area (Å²) in [5.41, 5.74) is 1.55. The lowest BCUT2D eigenvalue weighted by molar-refractivity contribution is 0.0526. The van der Waals surface area contributed by atoms with Gasteiger partial charge in [-0.1, -0.05) is 54.6 Å². The van der Waals surface area contributed by atoms with E-state index in [0.29, 0.717) is 17.0 Å². The van der Waals surface area contributed by atoms with Crippen molar-refractivity contribution in [2.75, 3.05) is 6.61 Å². The van der Waals surface area contributed by atoms with Crippen molar-refractivity contribution in [2.24, 2.45) is 0 Å². The Kier molecular flexibility index (Phi) is 5.47. The highest BCUT2D eigenvalue weighted by Gasteiger charge is 2.24. The second-order valence-electron chi connectivity index (χ2n) is 5.79. The quantitative estimate of drug-likeness (QED) is 0.390. The van der Waals surface area contributed by atoms with Gasteiger partial charge >= 0.3 is 5.97 Å². The number of hydrogen-bond donors (Lipinski definition) is 0. The van der Waals surface area contributed by atoms with E-state index in [-0.39, 0.29) is 12.2 Å². The monoisotopic (exact) mass is 354 g/mol. The number of allylic oxidation sites excluding steroid dienone is 1. The molecule has 0 spiro atoms. The van der Waals surface area contributed by atoms with Crippen LogP contribution in [0.5, 0.6) is 0 Å². The van der Waals surface area contributed by atoms with Gasteiger partial charge in [-0.3, -0.25) is 0 Å². The summed E-state index contributed by atoms with van der Waals surface area (Å²) in [6.45, 7) is 2.00. The lowest BCUT2D eigenvalue weighted by Gasteiger charge is -2.17. The summed E-state index contributed by atoms with van der Waals surface area (Å²) in [7, 11) is 0. The molecule has 0 fully saturated rings. The van der Waals surface area contributed by atoms with Crippen LogP contribution in [0, 0.1) is 17.2 Å². The maximum Gasteiger partial charge on any atom is 0.338 e. The smallest absolute Gasteiger partial charge is 0.338 e. The van der Waals surface area contributed by atoms with Crippen LogP contribution in [0.15, 0.2) is 72.3 Å². The average molecular weight is 354 g/mol. The molecule has 0 unspecified atom stereocenters. The number of carbonyl (C=O) groups excluding carboxylic acids is 2. The molecule has 3 aromatic carbocycles. The zero-order chi connectivity index (χ0) is 19.2. The van der Waals surface area contributed by atoms with Gasteiger partial charge < -0.3 is 4.74 Å². The highest BCUT2D eigenvalue weighted by atomic mass is 16.5. The van der Waals surface area contributed by atoms with Crippen LogP contribution in [0.2, 0.25) is 0 Å². The van der Waals surface area contributed by atoms with Gasteiger partial charge in [-0.05, 0) is 41.0 Å². The molecule has 0 saturated heterocycles. The molecule has 0 amide bonds. The predicted molar refractivity (Wildman–Crippen MR) is 103 cm³/mol. The van der Waals surface area contributed by atoms with Gasteiger partial charge in [-0.15, -0.1) is 0 Å². The van der Waals surface area contributed by atoms with Crippen molar-refractivity contribution in [3.8, 4) is 6.07 Å². The molecule has 0 saturated carbocycles. The average Bonchev–Trinajstić information content (AvgIpc) is 2.72. The van der Waals surface area contributed by atoms with Crippen LogP contribution in [0.4, 0.5) is 0 Å². The van der Waals surface area contributed by atoms with E-state index in [2.05, 4.69) is 0 Å². The van der Waals surface area contributed by atoms with Crippen molar-refractivity contribution in [3.05, 3.63) is 94.9 Å². The number of ether oxygens (including phenoxy) is 1. The second kappa shape index (κ2) is 8.14. The molecule has 0 bridgehead atoms. The fraction of sp³-hybridized carbons (Fsp3) is 0.0870. The molecule has 4 heteroatoms. The Morgan fingerprint density at radius 1 is 1.00 bits per heavy atom. The molecule has 3 rings (SSSR count). The summed E-state index contributed by atoms with van der Waals surface area (Å²) >= 11 is 0. The van der Waals surface area contributed by atoms with Crippen LogP contribution in [-0.4, -0.2) is 18.5 Å². The third kappa shape index (κ3) is 3.64. The SMILES string of the molecule is CCOC(=O)c1cccc([C](C(=C=O)C#N)c2cccc3ccccc23)c1. The summed E-state index contributed by atoms with van der Waals surface area (Å²) in [6, 6.07) is 22.0. The first-order chi connectivity index (χ1) is 13.2. The van der Waals surface area contributed by atoms with E-state index in [1.807, 2.05) is 48.5 Å². The van der Waals surface area contributed by atoms with Crippen molar-refractivity contribution < 1.29 is 14.3 Å².